The van der Waals surface area contributed by atoms with Crippen LogP contribution >= 0.6 is 34.1 Å². The monoisotopic (exact) mass is 320 g/mol. The number of nitrogens with zero attached hydrogens (tertiary/aromatic N) is 4. The molecule has 2 rings (SSSR count). The smallest absolute Gasteiger partial charge is 0.203 e. The van der Waals surface area contributed by atoms with Crippen molar-refractivity contribution in [3.8, 4) is 10.7 Å². The summed E-state index contributed by atoms with van der Waals surface area (Å²) in [5.41, 5.74) is 2.08. The van der Waals surface area contributed by atoms with Crippen molar-refractivity contribution >= 4 is 34.1 Å². The molecule has 0 aromatic carbocycles. The first-order valence-electron chi connectivity index (χ1n) is 4.24. The molecule has 2 aromatic heterocycles. The van der Waals surface area contributed by atoms with Crippen LogP contribution in [-0.2, 0) is 6.54 Å². The van der Waals surface area contributed by atoms with Gasteiger partial charge in [0.1, 0.15) is 0 Å². The predicted molar refractivity (Wildman–Crippen MR) is 64.3 cm³/mol. The maximum absolute atomic E-state index is 4.37. The fraction of sp³-hybridized carbons (Fsp3) is 0.375. The molecule has 0 unspecified atom stereocenters. The highest BCUT2D eigenvalue weighted by Crippen LogP contribution is 2.22. The molecule has 2 heterocycles. The Morgan fingerprint density at radius 3 is 2.93 bits per heavy atom. The van der Waals surface area contributed by atoms with Crippen molar-refractivity contribution in [1.82, 2.24) is 19.1 Å². The van der Waals surface area contributed by atoms with E-state index in [1.165, 1.54) is 11.5 Å². The maximum atomic E-state index is 4.37. The van der Waals surface area contributed by atoms with E-state index in [0.717, 1.165) is 26.8 Å². The van der Waals surface area contributed by atoms with E-state index in [9.17, 15) is 0 Å². The van der Waals surface area contributed by atoms with Crippen LogP contribution in [0.2, 0.25) is 0 Å². The molecule has 14 heavy (non-hydrogen) atoms. The zero-order chi connectivity index (χ0) is 10.1. The van der Waals surface area contributed by atoms with Crippen LogP contribution < -0.4 is 0 Å². The number of hydrogen-bond acceptors (Lipinski definition) is 4. The van der Waals surface area contributed by atoms with Gasteiger partial charge in [-0.1, -0.05) is 0 Å². The Morgan fingerprint density at radius 1 is 1.57 bits per heavy atom. The SMILES string of the molecule is CCn1nc(C)cc1-c1nc(I)ns1. The van der Waals surface area contributed by atoms with Crippen LogP contribution in [0.5, 0.6) is 0 Å². The third-order valence-corrected chi connectivity index (χ3v) is 3.37. The minimum Gasteiger partial charge on any atom is -0.262 e. The van der Waals surface area contributed by atoms with E-state index in [1.54, 1.807) is 0 Å². The maximum Gasteiger partial charge on any atom is 0.203 e. The fourth-order valence-electron chi connectivity index (χ4n) is 1.27. The second-order valence-electron chi connectivity index (χ2n) is 2.86. The number of aryl methyl sites for hydroxylation is 2. The lowest BCUT2D eigenvalue weighted by Crippen LogP contribution is -1.98. The van der Waals surface area contributed by atoms with Crippen molar-refractivity contribution < 1.29 is 0 Å². The first-order chi connectivity index (χ1) is 6.70. The van der Waals surface area contributed by atoms with Crippen LogP contribution in [0.1, 0.15) is 12.6 Å². The fourth-order valence-corrected chi connectivity index (χ4v) is 2.56. The van der Waals surface area contributed by atoms with Gasteiger partial charge in [-0.25, -0.2) is 4.98 Å². The van der Waals surface area contributed by atoms with Crippen molar-refractivity contribution in [2.75, 3.05) is 0 Å². The van der Waals surface area contributed by atoms with Gasteiger partial charge in [0.25, 0.3) is 0 Å². The molecule has 2 aromatic rings. The Labute approximate surface area is 99.7 Å². The third-order valence-electron chi connectivity index (χ3n) is 1.82. The average Bonchev–Trinajstić information content (AvgIpc) is 2.71. The highest BCUT2D eigenvalue weighted by atomic mass is 127. The second-order valence-corrected chi connectivity index (χ2v) is 4.57. The van der Waals surface area contributed by atoms with Gasteiger partial charge in [0.2, 0.25) is 3.83 Å². The summed E-state index contributed by atoms with van der Waals surface area (Å²) in [4.78, 5) is 4.34. The first-order valence-corrected chi connectivity index (χ1v) is 6.10. The van der Waals surface area contributed by atoms with Crippen LogP contribution in [0, 0.1) is 10.8 Å². The van der Waals surface area contributed by atoms with E-state index in [4.69, 9.17) is 0 Å². The van der Waals surface area contributed by atoms with E-state index in [1.807, 2.05) is 17.7 Å². The minimum atomic E-state index is 0.795. The molecule has 0 saturated heterocycles. The molecule has 0 amide bonds. The highest BCUT2D eigenvalue weighted by Gasteiger charge is 2.10. The van der Waals surface area contributed by atoms with E-state index < -0.39 is 0 Å². The van der Waals surface area contributed by atoms with E-state index in [0.29, 0.717) is 0 Å². The molecule has 0 radical (unpaired) electrons. The highest BCUT2D eigenvalue weighted by molar-refractivity contribution is 14.1. The van der Waals surface area contributed by atoms with Crippen LogP contribution in [0.15, 0.2) is 6.07 Å². The quantitative estimate of drug-likeness (QED) is 0.798. The van der Waals surface area contributed by atoms with Crippen molar-refractivity contribution in [2.45, 2.75) is 20.4 Å². The number of rotatable bonds is 2. The van der Waals surface area contributed by atoms with Crippen LogP contribution in [0.4, 0.5) is 0 Å². The van der Waals surface area contributed by atoms with Crippen LogP contribution in [0.25, 0.3) is 10.7 Å². The summed E-state index contributed by atoms with van der Waals surface area (Å²) in [6.07, 6.45) is 0. The predicted octanol–water partition coefficient (Wildman–Crippen LogP) is 2.33. The van der Waals surface area contributed by atoms with Crippen molar-refractivity contribution in [1.29, 1.82) is 0 Å². The lowest BCUT2D eigenvalue weighted by Gasteiger charge is -1.98. The van der Waals surface area contributed by atoms with Gasteiger partial charge >= 0.3 is 0 Å². The van der Waals surface area contributed by atoms with E-state index in [-0.39, 0.29) is 0 Å². The topological polar surface area (TPSA) is 43.6 Å². The normalized spacial score (nSPS) is 10.8. The molecule has 0 spiro atoms. The lowest BCUT2D eigenvalue weighted by atomic mass is 10.4. The summed E-state index contributed by atoms with van der Waals surface area (Å²) in [5, 5.41) is 5.31. The molecule has 0 aliphatic rings. The van der Waals surface area contributed by atoms with Gasteiger partial charge < -0.3 is 0 Å². The minimum absolute atomic E-state index is 0.795. The summed E-state index contributed by atoms with van der Waals surface area (Å²) in [7, 11) is 0. The van der Waals surface area contributed by atoms with Gasteiger partial charge in [-0.15, -0.1) is 0 Å². The molecule has 74 valence electrons. The molecule has 0 N–H and O–H groups in total. The molecule has 6 heteroatoms. The summed E-state index contributed by atoms with van der Waals surface area (Å²) < 4.78 is 6.90. The van der Waals surface area contributed by atoms with Crippen LogP contribution in [0.3, 0.4) is 0 Å². The Bertz CT molecular complexity index is 448. The lowest BCUT2D eigenvalue weighted by molar-refractivity contribution is 0.660. The van der Waals surface area contributed by atoms with E-state index >= 15 is 0 Å². The molecule has 0 bridgehead atoms. The largest absolute Gasteiger partial charge is 0.262 e. The Hall–Kier alpha value is -0.500. The van der Waals surface area contributed by atoms with Crippen molar-refractivity contribution in [2.24, 2.45) is 0 Å². The zero-order valence-electron chi connectivity index (χ0n) is 7.86. The zero-order valence-corrected chi connectivity index (χ0v) is 10.8. The van der Waals surface area contributed by atoms with Crippen molar-refractivity contribution in [3.63, 3.8) is 0 Å². The molecule has 0 atom stereocenters. The number of hydrogen-bond donors (Lipinski definition) is 0. The molecule has 4 nitrogen and oxygen atoms in total. The summed E-state index contributed by atoms with van der Waals surface area (Å²) >= 11 is 3.53. The Morgan fingerprint density at radius 2 is 2.36 bits per heavy atom. The molecule has 0 saturated carbocycles. The second kappa shape index (κ2) is 3.93. The van der Waals surface area contributed by atoms with Gasteiger partial charge in [0.05, 0.1) is 11.4 Å². The summed E-state index contributed by atoms with van der Waals surface area (Å²) in [6, 6.07) is 2.04. The Kier molecular flexibility index (Phi) is 2.82. The number of aromatic nitrogens is 4. The molecular formula is C8H9IN4S. The molecule has 0 aliphatic heterocycles. The van der Waals surface area contributed by atoms with E-state index in [2.05, 4.69) is 44.0 Å². The van der Waals surface area contributed by atoms with Gasteiger partial charge in [0, 0.05) is 29.1 Å². The summed E-state index contributed by atoms with van der Waals surface area (Å²) in [6.45, 7) is 4.92. The standard InChI is InChI=1S/C8H9IN4S/c1-3-13-6(4-5(2)11-13)7-10-8(9)12-14-7/h4H,3H2,1-2H3. The third kappa shape index (κ3) is 1.81. The van der Waals surface area contributed by atoms with Crippen LogP contribution in [-0.4, -0.2) is 19.1 Å². The molecule has 0 aliphatic carbocycles. The molecule has 0 fully saturated rings. The molecular weight excluding hydrogens is 311 g/mol. The number of halogens is 1. The first kappa shape index (κ1) is 10.0. The van der Waals surface area contributed by atoms with Crippen molar-refractivity contribution in [3.05, 3.63) is 15.6 Å². The van der Waals surface area contributed by atoms with Gasteiger partial charge in [-0.3, -0.25) is 4.68 Å². The average molecular weight is 320 g/mol. The van der Waals surface area contributed by atoms with Gasteiger partial charge in [0.15, 0.2) is 5.01 Å². The Balaban J connectivity index is 2.49. The van der Waals surface area contributed by atoms with Gasteiger partial charge in [-0.2, -0.15) is 9.47 Å². The summed E-state index contributed by atoms with van der Waals surface area (Å²) in [5.74, 6) is 0. The van der Waals surface area contributed by atoms with Gasteiger partial charge in [-0.05, 0) is 31.4 Å².